The lowest BCUT2D eigenvalue weighted by Crippen LogP contribution is -2.20. The van der Waals surface area contributed by atoms with Crippen LogP contribution in [0.5, 0.6) is 0 Å². The second-order valence-electron chi connectivity index (χ2n) is 2.60. The average molecular weight is 189 g/mol. The van der Waals surface area contributed by atoms with E-state index in [1.165, 1.54) is 18.2 Å². The predicted molar refractivity (Wildman–Crippen MR) is 48.2 cm³/mol. The van der Waals surface area contributed by atoms with E-state index in [0.717, 1.165) is 0 Å². The summed E-state index contributed by atoms with van der Waals surface area (Å²) in [7, 11) is 0. The van der Waals surface area contributed by atoms with Gasteiger partial charge in [-0.05, 0) is 18.2 Å². The average Bonchev–Trinajstić information content (AvgIpc) is 2.16. The van der Waals surface area contributed by atoms with Crippen molar-refractivity contribution in [1.82, 2.24) is 0 Å². The van der Waals surface area contributed by atoms with Crippen molar-refractivity contribution < 1.29 is 9.59 Å². The smallest absolute Gasteiger partial charge is 0.249 e. The fourth-order valence-corrected chi connectivity index (χ4v) is 1.03. The van der Waals surface area contributed by atoms with Crippen LogP contribution in [0.2, 0.25) is 0 Å². The third-order valence-electron chi connectivity index (χ3n) is 1.68. The molecule has 0 unspecified atom stereocenters. The molecule has 2 amide bonds. The van der Waals surface area contributed by atoms with Crippen molar-refractivity contribution in [2.75, 3.05) is 0 Å². The minimum atomic E-state index is -0.782. The molecule has 0 aromatic heterocycles. The Balaban J connectivity index is 3.40. The lowest BCUT2D eigenvalue weighted by Gasteiger charge is -2.02. The minimum absolute atomic E-state index is 0.0245. The molecule has 1 rings (SSSR count). The molecule has 0 atom stereocenters. The Hall–Kier alpha value is -2.35. The number of nitriles is 1. The molecule has 70 valence electrons. The van der Waals surface area contributed by atoms with Gasteiger partial charge in [0, 0.05) is 0 Å². The molecule has 0 aliphatic heterocycles. The predicted octanol–water partition coefficient (Wildman–Crippen LogP) is -0.244. The third kappa shape index (κ3) is 1.69. The number of carbonyl (C=O) groups excluding carboxylic acids is 2. The quantitative estimate of drug-likeness (QED) is 0.669. The molecule has 0 saturated carbocycles. The zero-order valence-electron chi connectivity index (χ0n) is 7.15. The van der Waals surface area contributed by atoms with E-state index in [1.54, 1.807) is 0 Å². The van der Waals surface area contributed by atoms with Crippen molar-refractivity contribution in [1.29, 1.82) is 5.26 Å². The van der Waals surface area contributed by atoms with Gasteiger partial charge in [0.1, 0.15) is 0 Å². The van der Waals surface area contributed by atoms with Gasteiger partial charge in [-0.3, -0.25) is 9.59 Å². The summed E-state index contributed by atoms with van der Waals surface area (Å²) >= 11 is 0. The van der Waals surface area contributed by atoms with Gasteiger partial charge in [-0.1, -0.05) is 0 Å². The van der Waals surface area contributed by atoms with E-state index >= 15 is 0 Å². The molecule has 0 bridgehead atoms. The maximum atomic E-state index is 10.9. The third-order valence-corrected chi connectivity index (χ3v) is 1.68. The maximum Gasteiger partial charge on any atom is 0.249 e. The molecule has 14 heavy (non-hydrogen) atoms. The highest BCUT2D eigenvalue weighted by Gasteiger charge is 2.12. The van der Waals surface area contributed by atoms with E-state index in [1.807, 2.05) is 6.07 Å². The molecule has 0 aliphatic carbocycles. The van der Waals surface area contributed by atoms with Crippen LogP contribution < -0.4 is 11.5 Å². The first kappa shape index (κ1) is 9.74. The number of nitrogens with zero attached hydrogens (tertiary/aromatic N) is 1. The van der Waals surface area contributed by atoms with E-state index in [-0.39, 0.29) is 16.7 Å². The zero-order chi connectivity index (χ0) is 10.7. The number of primary amides is 2. The van der Waals surface area contributed by atoms with Gasteiger partial charge in [0.15, 0.2) is 0 Å². The molecule has 0 spiro atoms. The Morgan fingerprint density at radius 1 is 1.14 bits per heavy atom. The fraction of sp³-hybridized carbons (Fsp3) is 0. The molecule has 0 aliphatic rings. The number of benzene rings is 1. The second-order valence-corrected chi connectivity index (χ2v) is 2.60. The number of nitrogens with two attached hydrogens (primary N) is 2. The van der Waals surface area contributed by atoms with Gasteiger partial charge in [0.2, 0.25) is 11.8 Å². The molecule has 5 heteroatoms. The van der Waals surface area contributed by atoms with Crippen LogP contribution in [-0.4, -0.2) is 11.8 Å². The summed E-state index contributed by atoms with van der Waals surface area (Å²) in [6, 6.07) is 5.77. The van der Waals surface area contributed by atoms with Crippen LogP contribution in [0.4, 0.5) is 0 Å². The summed E-state index contributed by atoms with van der Waals surface area (Å²) < 4.78 is 0. The minimum Gasteiger partial charge on any atom is -0.366 e. The first-order valence-corrected chi connectivity index (χ1v) is 3.70. The van der Waals surface area contributed by atoms with Crippen LogP contribution in [-0.2, 0) is 0 Å². The van der Waals surface area contributed by atoms with Crippen molar-refractivity contribution in [3.05, 3.63) is 34.9 Å². The van der Waals surface area contributed by atoms with Crippen molar-refractivity contribution in [3.63, 3.8) is 0 Å². The van der Waals surface area contributed by atoms with Crippen molar-refractivity contribution >= 4 is 11.8 Å². The second kappa shape index (κ2) is 3.58. The fourth-order valence-electron chi connectivity index (χ4n) is 1.03. The highest BCUT2D eigenvalue weighted by Crippen LogP contribution is 2.10. The van der Waals surface area contributed by atoms with Gasteiger partial charge in [-0.2, -0.15) is 5.26 Å². The topological polar surface area (TPSA) is 110 Å². The Morgan fingerprint density at radius 3 is 2.14 bits per heavy atom. The molecular formula is C9H7N3O2. The van der Waals surface area contributed by atoms with Crippen LogP contribution in [0.1, 0.15) is 26.3 Å². The summed E-state index contributed by atoms with van der Waals surface area (Å²) in [4.78, 5) is 21.8. The number of hydrogen-bond donors (Lipinski definition) is 2. The highest BCUT2D eigenvalue weighted by atomic mass is 16.2. The van der Waals surface area contributed by atoms with Crippen molar-refractivity contribution in [3.8, 4) is 6.07 Å². The van der Waals surface area contributed by atoms with Gasteiger partial charge in [0.05, 0.1) is 22.8 Å². The summed E-state index contributed by atoms with van der Waals surface area (Å²) in [6.45, 7) is 0. The maximum absolute atomic E-state index is 10.9. The van der Waals surface area contributed by atoms with E-state index in [2.05, 4.69) is 0 Å². The van der Waals surface area contributed by atoms with Gasteiger partial charge in [0.25, 0.3) is 0 Å². The molecule has 0 fully saturated rings. The molecule has 5 nitrogen and oxygen atoms in total. The number of rotatable bonds is 2. The molecular weight excluding hydrogens is 182 g/mol. The van der Waals surface area contributed by atoms with Crippen LogP contribution in [0.15, 0.2) is 18.2 Å². The van der Waals surface area contributed by atoms with E-state index in [0.29, 0.717) is 0 Å². The number of amides is 2. The van der Waals surface area contributed by atoms with Crippen LogP contribution in [0.25, 0.3) is 0 Å². The van der Waals surface area contributed by atoms with Gasteiger partial charge in [-0.15, -0.1) is 0 Å². The molecule has 0 radical (unpaired) electrons. The van der Waals surface area contributed by atoms with Crippen LogP contribution >= 0.6 is 0 Å². The molecule has 0 heterocycles. The Kier molecular flexibility index (Phi) is 2.49. The molecule has 0 saturated heterocycles. The van der Waals surface area contributed by atoms with Crippen LogP contribution in [0, 0.1) is 11.3 Å². The number of carbonyl (C=O) groups is 2. The summed E-state index contributed by atoms with van der Waals surface area (Å²) in [6.07, 6.45) is 0. The molecule has 4 N–H and O–H groups in total. The largest absolute Gasteiger partial charge is 0.366 e. The van der Waals surface area contributed by atoms with Crippen molar-refractivity contribution in [2.45, 2.75) is 0 Å². The molecule has 1 aromatic rings. The lowest BCUT2D eigenvalue weighted by atomic mass is 10.0. The summed E-state index contributed by atoms with van der Waals surface area (Å²) in [5.41, 5.74) is 10.3. The highest BCUT2D eigenvalue weighted by molar-refractivity contribution is 6.06. The molecule has 1 aromatic carbocycles. The van der Waals surface area contributed by atoms with Crippen molar-refractivity contribution in [2.24, 2.45) is 11.5 Å². The van der Waals surface area contributed by atoms with Gasteiger partial charge in [-0.25, -0.2) is 0 Å². The Morgan fingerprint density at radius 2 is 1.71 bits per heavy atom. The van der Waals surface area contributed by atoms with E-state index in [4.69, 9.17) is 16.7 Å². The van der Waals surface area contributed by atoms with Gasteiger partial charge >= 0.3 is 0 Å². The zero-order valence-corrected chi connectivity index (χ0v) is 7.15. The lowest BCUT2D eigenvalue weighted by molar-refractivity contribution is 0.0967. The monoisotopic (exact) mass is 189 g/mol. The Bertz CT molecular complexity index is 446. The normalized spacial score (nSPS) is 9.07. The standard InChI is InChI=1S/C9H7N3O2/c10-4-5-1-2-6(8(11)13)7(3-5)9(12)14/h1-3H,(H2,11,13)(H2,12,14). The SMILES string of the molecule is N#Cc1ccc(C(N)=O)c(C(N)=O)c1. The van der Waals surface area contributed by atoms with E-state index in [9.17, 15) is 9.59 Å². The van der Waals surface area contributed by atoms with Crippen LogP contribution in [0.3, 0.4) is 0 Å². The number of hydrogen-bond acceptors (Lipinski definition) is 3. The summed E-state index contributed by atoms with van der Waals surface area (Å²) in [5, 5.41) is 8.56. The van der Waals surface area contributed by atoms with Gasteiger partial charge < -0.3 is 11.5 Å². The first-order valence-electron chi connectivity index (χ1n) is 3.70. The summed E-state index contributed by atoms with van der Waals surface area (Å²) in [5.74, 6) is -1.53. The first-order chi connectivity index (χ1) is 6.56. The Labute approximate surface area is 79.9 Å². The van der Waals surface area contributed by atoms with E-state index < -0.39 is 11.8 Å².